The SMILES string of the molecule is CN(C)Cc1cccc(-n2nccc2-c2cccs2)c1. The molecule has 4 heteroatoms. The molecule has 0 fully saturated rings. The van der Waals surface area contributed by atoms with Gasteiger partial charge in [0.25, 0.3) is 0 Å². The molecule has 0 N–H and O–H groups in total. The molecule has 102 valence electrons. The highest BCUT2D eigenvalue weighted by atomic mass is 32.1. The minimum absolute atomic E-state index is 0.934. The van der Waals surface area contributed by atoms with E-state index in [1.165, 1.54) is 10.4 Å². The van der Waals surface area contributed by atoms with E-state index in [1.807, 2.05) is 10.9 Å². The van der Waals surface area contributed by atoms with E-state index in [2.05, 4.69) is 71.9 Å². The highest BCUT2D eigenvalue weighted by Crippen LogP contribution is 2.26. The molecule has 0 radical (unpaired) electrons. The molecule has 3 rings (SSSR count). The van der Waals surface area contributed by atoms with E-state index in [9.17, 15) is 0 Å². The second kappa shape index (κ2) is 5.61. The Bertz CT molecular complexity index is 683. The Morgan fingerprint density at radius 2 is 2.05 bits per heavy atom. The number of rotatable bonds is 4. The molecule has 2 aromatic heterocycles. The molecule has 0 saturated carbocycles. The van der Waals surface area contributed by atoms with Crippen molar-refractivity contribution in [3.63, 3.8) is 0 Å². The van der Waals surface area contributed by atoms with Crippen molar-refractivity contribution in [3.05, 3.63) is 59.6 Å². The van der Waals surface area contributed by atoms with E-state index in [1.54, 1.807) is 11.3 Å². The first-order chi connectivity index (χ1) is 9.74. The third-order valence-electron chi connectivity index (χ3n) is 3.07. The second-order valence-corrected chi connectivity index (χ2v) is 5.96. The maximum Gasteiger partial charge on any atom is 0.0840 e. The summed E-state index contributed by atoms with van der Waals surface area (Å²) in [4.78, 5) is 3.41. The molecule has 0 bridgehead atoms. The van der Waals surface area contributed by atoms with Gasteiger partial charge >= 0.3 is 0 Å². The lowest BCUT2D eigenvalue weighted by molar-refractivity contribution is 0.402. The summed E-state index contributed by atoms with van der Waals surface area (Å²) >= 11 is 1.74. The number of hydrogen-bond donors (Lipinski definition) is 0. The van der Waals surface area contributed by atoms with E-state index >= 15 is 0 Å². The lowest BCUT2D eigenvalue weighted by Crippen LogP contribution is -2.11. The van der Waals surface area contributed by atoms with Gasteiger partial charge in [-0.05, 0) is 49.3 Å². The fourth-order valence-corrected chi connectivity index (χ4v) is 3.01. The average molecular weight is 283 g/mol. The van der Waals surface area contributed by atoms with Gasteiger partial charge in [-0.1, -0.05) is 18.2 Å². The third kappa shape index (κ3) is 2.66. The number of hydrogen-bond acceptors (Lipinski definition) is 3. The predicted molar refractivity (Wildman–Crippen MR) is 84.3 cm³/mol. The summed E-state index contributed by atoms with van der Waals surface area (Å²) in [6.45, 7) is 0.934. The first kappa shape index (κ1) is 13.1. The van der Waals surface area contributed by atoms with Gasteiger partial charge in [0.1, 0.15) is 0 Å². The van der Waals surface area contributed by atoms with Gasteiger partial charge < -0.3 is 4.90 Å². The van der Waals surface area contributed by atoms with Gasteiger partial charge in [0.05, 0.1) is 22.5 Å². The van der Waals surface area contributed by atoms with Crippen LogP contribution in [0.5, 0.6) is 0 Å². The summed E-state index contributed by atoms with van der Waals surface area (Å²) in [5.41, 5.74) is 3.54. The monoisotopic (exact) mass is 283 g/mol. The molecular formula is C16H17N3S. The van der Waals surface area contributed by atoms with Crippen LogP contribution in [0, 0.1) is 0 Å². The van der Waals surface area contributed by atoms with Crippen LogP contribution >= 0.6 is 11.3 Å². The van der Waals surface area contributed by atoms with Crippen LogP contribution in [0.3, 0.4) is 0 Å². The Kier molecular flexibility index (Phi) is 3.67. The largest absolute Gasteiger partial charge is 0.305 e. The smallest absolute Gasteiger partial charge is 0.0840 e. The number of thiophene rings is 1. The van der Waals surface area contributed by atoms with Gasteiger partial charge in [-0.2, -0.15) is 5.10 Å². The van der Waals surface area contributed by atoms with Crippen LogP contribution in [0.4, 0.5) is 0 Å². The predicted octanol–water partition coefficient (Wildman–Crippen LogP) is 3.66. The first-order valence-corrected chi connectivity index (χ1v) is 7.44. The molecular weight excluding hydrogens is 266 g/mol. The molecule has 0 spiro atoms. The van der Waals surface area contributed by atoms with Crippen LogP contribution in [-0.2, 0) is 6.54 Å². The molecule has 0 saturated heterocycles. The molecule has 2 heterocycles. The Hall–Kier alpha value is -1.91. The van der Waals surface area contributed by atoms with Crippen molar-refractivity contribution < 1.29 is 0 Å². The minimum atomic E-state index is 0.934. The van der Waals surface area contributed by atoms with Crippen LogP contribution in [0.1, 0.15) is 5.56 Å². The standard InChI is InChI=1S/C16H17N3S/c1-18(2)12-13-5-3-6-14(11-13)19-15(8-9-17-19)16-7-4-10-20-16/h3-11H,12H2,1-2H3. The molecule has 3 nitrogen and oxygen atoms in total. The van der Waals surface area contributed by atoms with Crippen molar-refractivity contribution in [2.45, 2.75) is 6.54 Å². The zero-order valence-corrected chi connectivity index (χ0v) is 12.5. The summed E-state index contributed by atoms with van der Waals surface area (Å²) in [6, 6.07) is 14.8. The Morgan fingerprint density at radius 3 is 2.80 bits per heavy atom. The van der Waals surface area contributed by atoms with Gasteiger partial charge in [-0.25, -0.2) is 4.68 Å². The van der Waals surface area contributed by atoms with Gasteiger partial charge in [-0.15, -0.1) is 11.3 Å². The van der Waals surface area contributed by atoms with Crippen molar-refractivity contribution in [2.24, 2.45) is 0 Å². The van der Waals surface area contributed by atoms with Crippen LogP contribution < -0.4 is 0 Å². The summed E-state index contributed by atoms with van der Waals surface area (Å²) in [5, 5.41) is 6.56. The number of benzene rings is 1. The van der Waals surface area contributed by atoms with Gasteiger partial charge in [0, 0.05) is 6.54 Å². The van der Waals surface area contributed by atoms with Crippen molar-refractivity contribution >= 4 is 11.3 Å². The topological polar surface area (TPSA) is 21.1 Å². The van der Waals surface area contributed by atoms with Crippen molar-refractivity contribution in [3.8, 4) is 16.3 Å². The molecule has 1 aromatic carbocycles. The molecule has 0 unspecified atom stereocenters. The summed E-state index contributed by atoms with van der Waals surface area (Å²) in [7, 11) is 4.16. The summed E-state index contributed by atoms with van der Waals surface area (Å²) in [6.07, 6.45) is 1.85. The second-order valence-electron chi connectivity index (χ2n) is 5.01. The Morgan fingerprint density at radius 1 is 1.15 bits per heavy atom. The lowest BCUT2D eigenvalue weighted by atomic mass is 10.2. The normalized spacial score (nSPS) is 11.2. The lowest BCUT2D eigenvalue weighted by Gasteiger charge is -2.12. The third-order valence-corrected chi connectivity index (χ3v) is 3.96. The summed E-state index contributed by atoms with van der Waals surface area (Å²) < 4.78 is 2.00. The quantitative estimate of drug-likeness (QED) is 0.728. The van der Waals surface area contributed by atoms with Crippen LogP contribution in [-0.4, -0.2) is 28.8 Å². The summed E-state index contributed by atoms with van der Waals surface area (Å²) in [5.74, 6) is 0. The molecule has 0 aliphatic rings. The highest BCUT2D eigenvalue weighted by molar-refractivity contribution is 7.13. The molecule has 0 amide bonds. The molecule has 0 aliphatic carbocycles. The maximum absolute atomic E-state index is 4.47. The van der Waals surface area contributed by atoms with Gasteiger partial charge in [-0.3, -0.25) is 0 Å². The van der Waals surface area contributed by atoms with E-state index in [-0.39, 0.29) is 0 Å². The molecule has 0 aliphatic heterocycles. The van der Waals surface area contributed by atoms with Crippen molar-refractivity contribution in [1.29, 1.82) is 0 Å². The van der Waals surface area contributed by atoms with Gasteiger partial charge in [0.15, 0.2) is 0 Å². The highest BCUT2D eigenvalue weighted by Gasteiger charge is 2.08. The Balaban J connectivity index is 2.00. The Labute approximate surface area is 123 Å². The van der Waals surface area contributed by atoms with E-state index in [0.717, 1.165) is 17.9 Å². The van der Waals surface area contributed by atoms with Crippen LogP contribution in [0.15, 0.2) is 54.0 Å². The average Bonchev–Trinajstić information content (AvgIpc) is 3.09. The zero-order valence-electron chi connectivity index (χ0n) is 11.7. The first-order valence-electron chi connectivity index (χ1n) is 6.56. The van der Waals surface area contributed by atoms with Crippen molar-refractivity contribution in [1.82, 2.24) is 14.7 Å². The number of aromatic nitrogens is 2. The zero-order chi connectivity index (χ0) is 13.9. The van der Waals surface area contributed by atoms with E-state index in [0.29, 0.717) is 0 Å². The molecule has 3 aromatic rings. The van der Waals surface area contributed by atoms with Gasteiger partial charge in [0.2, 0.25) is 0 Å². The van der Waals surface area contributed by atoms with E-state index in [4.69, 9.17) is 0 Å². The van der Waals surface area contributed by atoms with Crippen LogP contribution in [0.25, 0.3) is 16.3 Å². The molecule has 20 heavy (non-hydrogen) atoms. The number of nitrogens with zero attached hydrogens (tertiary/aromatic N) is 3. The van der Waals surface area contributed by atoms with Crippen LogP contribution in [0.2, 0.25) is 0 Å². The molecule has 0 atom stereocenters. The maximum atomic E-state index is 4.47. The van der Waals surface area contributed by atoms with E-state index < -0.39 is 0 Å². The van der Waals surface area contributed by atoms with Crippen molar-refractivity contribution in [2.75, 3.05) is 14.1 Å². The fraction of sp³-hybridized carbons (Fsp3) is 0.188. The minimum Gasteiger partial charge on any atom is -0.305 e. The fourth-order valence-electron chi connectivity index (χ4n) is 2.27.